The summed E-state index contributed by atoms with van der Waals surface area (Å²) in [5.74, 6) is 0.878. The highest BCUT2D eigenvalue weighted by molar-refractivity contribution is 5.04. The molecule has 0 aliphatic carbocycles. The van der Waals surface area contributed by atoms with Gasteiger partial charge in [0.15, 0.2) is 0 Å². The Morgan fingerprint density at radius 3 is 3.00 bits per heavy atom. The largest absolute Gasteiger partial charge is 0.361 e. The number of likely N-dealkylation sites (tertiary alicyclic amines) is 1. The van der Waals surface area contributed by atoms with Gasteiger partial charge in [-0.2, -0.15) is 5.10 Å². The minimum absolute atomic E-state index is 0.492. The molecule has 3 rings (SSSR count). The Morgan fingerprint density at radius 1 is 1.44 bits per heavy atom. The molecule has 2 aromatic heterocycles. The molecular formula is C13H18N4O. The van der Waals surface area contributed by atoms with Gasteiger partial charge in [0.05, 0.1) is 17.9 Å². The van der Waals surface area contributed by atoms with Crippen molar-refractivity contribution < 1.29 is 4.52 Å². The molecule has 0 spiro atoms. The van der Waals surface area contributed by atoms with E-state index in [1.54, 1.807) is 0 Å². The SMILES string of the molecule is Cc1cnn(C2CCN(Cc3cc(C)on3)C2)c1. The molecular weight excluding hydrogens is 228 g/mol. The van der Waals surface area contributed by atoms with Crippen LogP contribution in [0.15, 0.2) is 23.0 Å². The molecule has 3 heterocycles. The summed E-state index contributed by atoms with van der Waals surface area (Å²) in [4.78, 5) is 2.40. The van der Waals surface area contributed by atoms with Crippen molar-refractivity contribution >= 4 is 0 Å². The van der Waals surface area contributed by atoms with Crippen molar-refractivity contribution in [1.82, 2.24) is 19.8 Å². The summed E-state index contributed by atoms with van der Waals surface area (Å²) in [5, 5.41) is 8.44. The van der Waals surface area contributed by atoms with Crippen molar-refractivity contribution in [2.45, 2.75) is 32.9 Å². The Kier molecular flexibility index (Phi) is 2.91. The second kappa shape index (κ2) is 4.57. The first-order valence-electron chi connectivity index (χ1n) is 6.36. The van der Waals surface area contributed by atoms with E-state index in [4.69, 9.17) is 4.52 Å². The minimum Gasteiger partial charge on any atom is -0.361 e. The van der Waals surface area contributed by atoms with E-state index in [2.05, 4.69) is 33.0 Å². The highest BCUT2D eigenvalue weighted by atomic mass is 16.5. The molecule has 0 N–H and O–H groups in total. The molecule has 1 unspecified atom stereocenters. The highest BCUT2D eigenvalue weighted by Gasteiger charge is 2.24. The van der Waals surface area contributed by atoms with Crippen LogP contribution in [0.3, 0.4) is 0 Å². The van der Waals surface area contributed by atoms with Gasteiger partial charge in [0.1, 0.15) is 5.76 Å². The van der Waals surface area contributed by atoms with Crippen LogP contribution in [0, 0.1) is 13.8 Å². The van der Waals surface area contributed by atoms with E-state index in [1.807, 2.05) is 19.2 Å². The molecule has 1 aliphatic heterocycles. The van der Waals surface area contributed by atoms with Crippen molar-refractivity contribution in [3.05, 3.63) is 35.5 Å². The molecule has 96 valence electrons. The number of hydrogen-bond acceptors (Lipinski definition) is 4. The van der Waals surface area contributed by atoms with Gasteiger partial charge in [-0.1, -0.05) is 5.16 Å². The molecule has 1 atom stereocenters. The van der Waals surface area contributed by atoms with Crippen molar-refractivity contribution in [2.75, 3.05) is 13.1 Å². The first-order chi connectivity index (χ1) is 8.70. The van der Waals surface area contributed by atoms with Gasteiger partial charge in [0.2, 0.25) is 0 Å². The fourth-order valence-electron chi connectivity index (χ4n) is 2.53. The second-order valence-electron chi connectivity index (χ2n) is 5.10. The average Bonchev–Trinajstić information content (AvgIpc) is 3.01. The third-order valence-electron chi connectivity index (χ3n) is 3.41. The Labute approximate surface area is 106 Å². The summed E-state index contributed by atoms with van der Waals surface area (Å²) in [6, 6.07) is 2.50. The van der Waals surface area contributed by atoms with Crippen LogP contribution in [-0.2, 0) is 6.54 Å². The Hall–Kier alpha value is -1.62. The summed E-state index contributed by atoms with van der Waals surface area (Å²) < 4.78 is 7.18. The fraction of sp³-hybridized carbons (Fsp3) is 0.538. The van der Waals surface area contributed by atoms with Crippen molar-refractivity contribution in [3.63, 3.8) is 0 Å². The van der Waals surface area contributed by atoms with Crippen LogP contribution < -0.4 is 0 Å². The van der Waals surface area contributed by atoms with Crippen LogP contribution >= 0.6 is 0 Å². The first-order valence-corrected chi connectivity index (χ1v) is 6.36. The van der Waals surface area contributed by atoms with E-state index in [1.165, 1.54) is 5.56 Å². The van der Waals surface area contributed by atoms with Crippen molar-refractivity contribution in [1.29, 1.82) is 0 Å². The lowest BCUT2D eigenvalue weighted by Crippen LogP contribution is -2.21. The van der Waals surface area contributed by atoms with Gasteiger partial charge in [-0.15, -0.1) is 0 Å². The van der Waals surface area contributed by atoms with E-state index in [9.17, 15) is 0 Å². The molecule has 1 aliphatic rings. The molecule has 5 heteroatoms. The van der Waals surface area contributed by atoms with Crippen LogP contribution in [0.2, 0.25) is 0 Å². The maximum atomic E-state index is 5.10. The minimum atomic E-state index is 0.492. The third-order valence-corrected chi connectivity index (χ3v) is 3.41. The highest BCUT2D eigenvalue weighted by Crippen LogP contribution is 2.22. The van der Waals surface area contributed by atoms with Gasteiger partial charge >= 0.3 is 0 Å². The molecule has 0 amide bonds. The summed E-state index contributed by atoms with van der Waals surface area (Å²) in [5.41, 5.74) is 2.24. The maximum absolute atomic E-state index is 5.10. The summed E-state index contributed by atoms with van der Waals surface area (Å²) in [6.45, 7) is 7.00. The van der Waals surface area contributed by atoms with Crippen LogP contribution in [-0.4, -0.2) is 32.9 Å². The predicted octanol–water partition coefficient (Wildman–Crippen LogP) is 1.93. The Morgan fingerprint density at radius 2 is 2.33 bits per heavy atom. The van der Waals surface area contributed by atoms with E-state index >= 15 is 0 Å². The molecule has 0 aromatic carbocycles. The van der Waals surface area contributed by atoms with Gasteiger partial charge in [0.25, 0.3) is 0 Å². The van der Waals surface area contributed by atoms with Crippen LogP contribution in [0.1, 0.15) is 29.5 Å². The average molecular weight is 246 g/mol. The lowest BCUT2D eigenvalue weighted by molar-refractivity contribution is 0.297. The Bertz CT molecular complexity index is 531. The number of aromatic nitrogens is 3. The molecule has 0 bridgehead atoms. The molecule has 1 fully saturated rings. The van der Waals surface area contributed by atoms with E-state index in [-0.39, 0.29) is 0 Å². The molecule has 1 saturated heterocycles. The van der Waals surface area contributed by atoms with Gasteiger partial charge in [-0.25, -0.2) is 0 Å². The first kappa shape index (κ1) is 11.5. The van der Waals surface area contributed by atoms with Gasteiger partial charge in [-0.05, 0) is 25.8 Å². The van der Waals surface area contributed by atoms with Gasteiger partial charge in [0, 0.05) is 31.9 Å². The van der Waals surface area contributed by atoms with E-state index in [0.717, 1.165) is 37.5 Å². The zero-order chi connectivity index (χ0) is 12.5. The van der Waals surface area contributed by atoms with Gasteiger partial charge < -0.3 is 4.52 Å². The van der Waals surface area contributed by atoms with Gasteiger partial charge in [-0.3, -0.25) is 9.58 Å². The van der Waals surface area contributed by atoms with E-state index in [0.29, 0.717) is 6.04 Å². The third kappa shape index (κ3) is 2.31. The van der Waals surface area contributed by atoms with Crippen LogP contribution in [0.25, 0.3) is 0 Å². The lowest BCUT2D eigenvalue weighted by Gasteiger charge is -2.14. The topological polar surface area (TPSA) is 47.1 Å². The second-order valence-corrected chi connectivity index (χ2v) is 5.10. The quantitative estimate of drug-likeness (QED) is 0.830. The van der Waals surface area contributed by atoms with Crippen LogP contribution in [0.4, 0.5) is 0 Å². The summed E-state index contributed by atoms with van der Waals surface area (Å²) >= 11 is 0. The molecule has 18 heavy (non-hydrogen) atoms. The molecule has 0 radical (unpaired) electrons. The maximum Gasteiger partial charge on any atom is 0.133 e. The van der Waals surface area contributed by atoms with E-state index < -0.39 is 0 Å². The fourth-order valence-corrected chi connectivity index (χ4v) is 2.53. The summed E-state index contributed by atoms with van der Waals surface area (Å²) in [7, 11) is 0. The Balaban J connectivity index is 1.61. The van der Waals surface area contributed by atoms with Crippen LogP contribution in [0.5, 0.6) is 0 Å². The smallest absolute Gasteiger partial charge is 0.133 e. The zero-order valence-corrected chi connectivity index (χ0v) is 10.8. The number of rotatable bonds is 3. The standard InChI is InChI=1S/C13H18N4O/c1-10-6-14-17(7-10)13-3-4-16(9-13)8-12-5-11(2)18-15-12/h5-7,13H,3-4,8-9H2,1-2H3. The number of hydrogen-bond donors (Lipinski definition) is 0. The molecule has 5 nitrogen and oxygen atoms in total. The van der Waals surface area contributed by atoms with Crippen molar-refractivity contribution in [2.24, 2.45) is 0 Å². The lowest BCUT2D eigenvalue weighted by atomic mass is 10.3. The number of aryl methyl sites for hydroxylation is 2. The number of nitrogens with zero attached hydrogens (tertiary/aromatic N) is 4. The molecule has 2 aromatic rings. The normalized spacial score (nSPS) is 20.7. The summed E-state index contributed by atoms with van der Waals surface area (Å²) in [6.07, 6.45) is 5.19. The zero-order valence-electron chi connectivity index (χ0n) is 10.8. The van der Waals surface area contributed by atoms with Crippen molar-refractivity contribution in [3.8, 4) is 0 Å². The molecule has 0 saturated carbocycles. The monoisotopic (exact) mass is 246 g/mol. The predicted molar refractivity (Wildman–Crippen MR) is 67.1 cm³/mol.